The third-order valence-electron chi connectivity index (χ3n) is 3.95. The minimum atomic E-state index is -0.202. The van der Waals surface area contributed by atoms with E-state index in [-0.39, 0.29) is 5.91 Å². The molecule has 0 spiro atoms. The van der Waals surface area contributed by atoms with Gasteiger partial charge in [0, 0.05) is 37.5 Å². The van der Waals surface area contributed by atoms with Crippen LogP contribution in [0.3, 0.4) is 0 Å². The zero-order chi connectivity index (χ0) is 20.4. The van der Waals surface area contributed by atoms with Gasteiger partial charge in [0.1, 0.15) is 0 Å². The predicted octanol–water partition coefficient (Wildman–Crippen LogP) is 2.80. The number of nitrogens with one attached hydrogen (secondary N) is 3. The van der Waals surface area contributed by atoms with Crippen LogP contribution in [0.25, 0.3) is 0 Å². The molecule has 1 aromatic carbocycles. The van der Waals surface area contributed by atoms with Crippen molar-refractivity contribution in [3.8, 4) is 11.5 Å². The molecular formula is C20H28N4O4. The van der Waals surface area contributed by atoms with Gasteiger partial charge in [-0.15, -0.1) is 0 Å². The number of nitrogens with zero attached hydrogens (tertiary/aromatic N) is 1. The van der Waals surface area contributed by atoms with E-state index in [1.54, 1.807) is 20.2 Å². The Hall–Kier alpha value is -3.16. The van der Waals surface area contributed by atoms with Crippen LogP contribution in [-0.2, 0) is 0 Å². The fourth-order valence-electron chi connectivity index (χ4n) is 2.52. The van der Waals surface area contributed by atoms with Crippen molar-refractivity contribution in [2.24, 2.45) is 4.99 Å². The number of amides is 1. The first-order valence-corrected chi connectivity index (χ1v) is 9.19. The quantitative estimate of drug-likeness (QED) is 0.347. The molecule has 0 aliphatic heterocycles. The maximum atomic E-state index is 12.0. The fourth-order valence-corrected chi connectivity index (χ4v) is 2.52. The van der Waals surface area contributed by atoms with E-state index in [0.29, 0.717) is 42.9 Å². The molecule has 1 heterocycles. The third-order valence-corrected chi connectivity index (χ3v) is 3.95. The molecule has 28 heavy (non-hydrogen) atoms. The summed E-state index contributed by atoms with van der Waals surface area (Å²) >= 11 is 0. The fraction of sp³-hybridized carbons (Fsp3) is 0.400. The SMILES string of the molecule is CCOc1cc(NC(=NC)NCCCNC(=O)c2occc2C)ccc1OC. The van der Waals surface area contributed by atoms with E-state index >= 15 is 0 Å². The van der Waals surface area contributed by atoms with Crippen molar-refractivity contribution in [2.75, 3.05) is 39.2 Å². The monoisotopic (exact) mass is 388 g/mol. The maximum Gasteiger partial charge on any atom is 0.287 e. The number of benzene rings is 1. The number of guanidine groups is 1. The summed E-state index contributed by atoms with van der Waals surface area (Å²) in [4.78, 5) is 16.2. The number of carbonyl (C=O) groups excluding carboxylic acids is 1. The lowest BCUT2D eigenvalue weighted by Gasteiger charge is -2.14. The second kappa shape index (κ2) is 10.9. The minimum Gasteiger partial charge on any atom is -0.493 e. The molecule has 8 nitrogen and oxygen atoms in total. The number of rotatable bonds is 9. The van der Waals surface area contributed by atoms with Gasteiger partial charge in [-0.3, -0.25) is 9.79 Å². The molecule has 0 saturated heterocycles. The van der Waals surface area contributed by atoms with Crippen LogP contribution in [-0.4, -0.2) is 45.7 Å². The average Bonchev–Trinajstić information content (AvgIpc) is 3.13. The summed E-state index contributed by atoms with van der Waals surface area (Å²) in [5, 5.41) is 9.26. The highest BCUT2D eigenvalue weighted by molar-refractivity contribution is 5.94. The largest absolute Gasteiger partial charge is 0.493 e. The first-order valence-electron chi connectivity index (χ1n) is 9.19. The number of aliphatic imine (C=N–C) groups is 1. The highest BCUT2D eigenvalue weighted by Crippen LogP contribution is 2.30. The van der Waals surface area contributed by atoms with Gasteiger partial charge in [0.2, 0.25) is 0 Å². The Balaban J connectivity index is 1.78. The van der Waals surface area contributed by atoms with E-state index in [4.69, 9.17) is 13.9 Å². The van der Waals surface area contributed by atoms with Gasteiger partial charge < -0.3 is 29.8 Å². The number of ether oxygens (including phenoxy) is 2. The first-order chi connectivity index (χ1) is 13.6. The molecule has 8 heteroatoms. The molecule has 3 N–H and O–H groups in total. The molecule has 2 aromatic rings. The van der Waals surface area contributed by atoms with Crippen LogP contribution in [0.2, 0.25) is 0 Å². The number of carbonyl (C=O) groups is 1. The van der Waals surface area contributed by atoms with Crippen molar-refractivity contribution in [3.63, 3.8) is 0 Å². The zero-order valence-electron chi connectivity index (χ0n) is 16.8. The molecule has 0 bridgehead atoms. The molecule has 2 rings (SSSR count). The van der Waals surface area contributed by atoms with E-state index in [1.807, 2.05) is 32.0 Å². The Morgan fingerprint density at radius 2 is 1.96 bits per heavy atom. The molecule has 0 atom stereocenters. The Morgan fingerprint density at radius 3 is 2.61 bits per heavy atom. The van der Waals surface area contributed by atoms with Crippen LogP contribution in [0.4, 0.5) is 5.69 Å². The summed E-state index contributed by atoms with van der Waals surface area (Å²) in [6.45, 7) is 5.49. The van der Waals surface area contributed by atoms with E-state index in [2.05, 4.69) is 20.9 Å². The van der Waals surface area contributed by atoms with Gasteiger partial charge in [0.15, 0.2) is 23.2 Å². The minimum absolute atomic E-state index is 0.202. The van der Waals surface area contributed by atoms with Gasteiger partial charge in [-0.1, -0.05) is 0 Å². The number of hydrogen-bond donors (Lipinski definition) is 3. The molecule has 1 aromatic heterocycles. The van der Waals surface area contributed by atoms with Crippen LogP contribution in [0.15, 0.2) is 39.9 Å². The van der Waals surface area contributed by atoms with Gasteiger partial charge >= 0.3 is 0 Å². The number of hydrogen-bond acceptors (Lipinski definition) is 5. The van der Waals surface area contributed by atoms with Crippen LogP contribution in [0, 0.1) is 6.92 Å². The standard InChI is InChI=1S/C20H28N4O4/c1-5-27-17-13-15(7-8-16(17)26-4)24-20(21-3)23-11-6-10-22-19(25)18-14(2)9-12-28-18/h7-9,12-13H,5-6,10-11H2,1-4H3,(H,22,25)(H2,21,23,24). The summed E-state index contributed by atoms with van der Waals surface area (Å²) in [6.07, 6.45) is 2.25. The van der Waals surface area contributed by atoms with E-state index in [9.17, 15) is 4.79 Å². The molecule has 0 unspecified atom stereocenters. The number of aryl methyl sites for hydroxylation is 1. The lowest BCUT2D eigenvalue weighted by Crippen LogP contribution is -2.33. The van der Waals surface area contributed by atoms with Crippen LogP contribution in [0.1, 0.15) is 29.5 Å². The van der Waals surface area contributed by atoms with Crippen molar-refractivity contribution in [1.29, 1.82) is 0 Å². The van der Waals surface area contributed by atoms with Crippen LogP contribution >= 0.6 is 0 Å². The maximum absolute atomic E-state index is 12.0. The van der Waals surface area contributed by atoms with Crippen molar-refractivity contribution >= 4 is 17.6 Å². The Bertz CT molecular complexity index is 801. The lowest BCUT2D eigenvalue weighted by molar-refractivity contribution is 0.0925. The highest BCUT2D eigenvalue weighted by atomic mass is 16.5. The summed E-state index contributed by atoms with van der Waals surface area (Å²) in [6, 6.07) is 7.36. The smallest absolute Gasteiger partial charge is 0.287 e. The van der Waals surface area contributed by atoms with Crippen LogP contribution in [0.5, 0.6) is 11.5 Å². The number of anilines is 1. The van der Waals surface area contributed by atoms with Gasteiger partial charge in [-0.05, 0) is 38.5 Å². The third kappa shape index (κ3) is 5.94. The molecule has 0 fully saturated rings. The molecule has 0 radical (unpaired) electrons. The van der Waals surface area contributed by atoms with E-state index < -0.39 is 0 Å². The second-order valence-corrected chi connectivity index (χ2v) is 5.96. The number of methoxy groups -OCH3 is 1. The average molecular weight is 388 g/mol. The summed E-state index contributed by atoms with van der Waals surface area (Å²) in [7, 11) is 3.31. The van der Waals surface area contributed by atoms with E-state index in [1.165, 1.54) is 6.26 Å². The summed E-state index contributed by atoms with van der Waals surface area (Å²) in [5.74, 6) is 2.13. The lowest BCUT2D eigenvalue weighted by atomic mass is 10.2. The van der Waals surface area contributed by atoms with Gasteiger partial charge in [-0.2, -0.15) is 0 Å². The predicted molar refractivity (Wildman–Crippen MR) is 110 cm³/mol. The van der Waals surface area contributed by atoms with Crippen molar-refractivity contribution in [3.05, 3.63) is 41.9 Å². The van der Waals surface area contributed by atoms with Crippen LogP contribution < -0.4 is 25.4 Å². The summed E-state index contributed by atoms with van der Waals surface area (Å²) in [5.41, 5.74) is 1.66. The normalized spacial score (nSPS) is 11.1. The van der Waals surface area contributed by atoms with Gasteiger partial charge in [0.25, 0.3) is 5.91 Å². The molecule has 1 amide bonds. The van der Waals surface area contributed by atoms with E-state index in [0.717, 1.165) is 17.7 Å². The van der Waals surface area contributed by atoms with Gasteiger partial charge in [0.05, 0.1) is 20.0 Å². The van der Waals surface area contributed by atoms with Gasteiger partial charge in [-0.25, -0.2) is 0 Å². The second-order valence-electron chi connectivity index (χ2n) is 5.96. The topological polar surface area (TPSA) is 97.1 Å². The Labute approximate surface area is 165 Å². The molecule has 0 aliphatic carbocycles. The summed E-state index contributed by atoms with van der Waals surface area (Å²) < 4.78 is 16.0. The Kier molecular flexibility index (Phi) is 8.20. The molecule has 0 saturated carbocycles. The molecular weight excluding hydrogens is 360 g/mol. The number of furan rings is 1. The highest BCUT2D eigenvalue weighted by Gasteiger charge is 2.11. The molecule has 152 valence electrons. The first kappa shape index (κ1) is 21.1. The molecule has 0 aliphatic rings. The van der Waals surface area contributed by atoms with Crippen molar-refractivity contribution in [1.82, 2.24) is 10.6 Å². The zero-order valence-corrected chi connectivity index (χ0v) is 16.8. The Morgan fingerprint density at radius 1 is 1.18 bits per heavy atom. The van der Waals surface area contributed by atoms with Crippen molar-refractivity contribution in [2.45, 2.75) is 20.3 Å². The van der Waals surface area contributed by atoms with Crippen molar-refractivity contribution < 1.29 is 18.7 Å².